The molecule has 2 rings (SSSR count). The van der Waals surface area contributed by atoms with Gasteiger partial charge in [0.2, 0.25) is 5.91 Å². The lowest BCUT2D eigenvalue weighted by Gasteiger charge is -2.39. The Bertz CT molecular complexity index is 624. The van der Waals surface area contributed by atoms with Crippen molar-refractivity contribution in [2.75, 3.05) is 32.1 Å². The van der Waals surface area contributed by atoms with Crippen LogP contribution in [-0.2, 0) is 4.79 Å². The van der Waals surface area contributed by atoms with Crippen molar-refractivity contribution < 1.29 is 18.7 Å². The maximum atomic E-state index is 14.2. The summed E-state index contributed by atoms with van der Waals surface area (Å²) in [7, 11) is 1.74. The Morgan fingerprint density at radius 3 is 2.76 bits per heavy atom. The van der Waals surface area contributed by atoms with Gasteiger partial charge in [-0.2, -0.15) is 0 Å². The summed E-state index contributed by atoms with van der Waals surface area (Å²) in [5.74, 6) is -0.222. The first-order valence-corrected chi connectivity index (χ1v) is 8.72. The van der Waals surface area contributed by atoms with Gasteiger partial charge in [0.1, 0.15) is 17.6 Å². The second-order valence-electron chi connectivity index (χ2n) is 6.12. The number of nitrogens with one attached hydrogen (secondary N) is 1. The van der Waals surface area contributed by atoms with Crippen LogP contribution in [-0.4, -0.2) is 54.5 Å². The highest BCUT2D eigenvalue weighted by molar-refractivity contribution is 5.94. The summed E-state index contributed by atoms with van der Waals surface area (Å²) in [6, 6.07) is 3.36. The molecule has 0 spiro atoms. The van der Waals surface area contributed by atoms with Crippen molar-refractivity contribution in [3.05, 3.63) is 24.0 Å². The summed E-state index contributed by atoms with van der Waals surface area (Å²) >= 11 is 0. The van der Waals surface area contributed by atoms with Gasteiger partial charge in [-0.15, -0.1) is 0 Å². The Morgan fingerprint density at radius 2 is 2.12 bits per heavy atom. The zero-order chi connectivity index (χ0) is 18.4. The van der Waals surface area contributed by atoms with E-state index in [2.05, 4.69) is 5.32 Å². The number of halogens is 1. The number of hydrogen-bond donors (Lipinski definition) is 1. The number of nitrogens with zero attached hydrogens (tertiary/aromatic N) is 2. The number of ether oxygens (including phenoxy) is 1. The highest BCUT2D eigenvalue weighted by Crippen LogP contribution is 2.23. The minimum Gasteiger partial charge on any atom is -0.494 e. The number of likely N-dealkylation sites (N-methyl/N-ethyl adjacent to an activating group) is 1. The third-order valence-corrected chi connectivity index (χ3v) is 4.30. The van der Waals surface area contributed by atoms with Crippen LogP contribution in [0.15, 0.2) is 18.2 Å². The maximum Gasteiger partial charge on any atom is 0.322 e. The first-order valence-electron chi connectivity index (χ1n) is 8.72. The van der Waals surface area contributed by atoms with E-state index in [1.165, 1.54) is 17.0 Å². The summed E-state index contributed by atoms with van der Waals surface area (Å²) in [5, 5.41) is 2.58. The molecule has 7 heteroatoms. The van der Waals surface area contributed by atoms with E-state index in [9.17, 15) is 14.0 Å². The van der Waals surface area contributed by atoms with E-state index in [-0.39, 0.29) is 11.6 Å². The number of carbonyl (C=O) groups excluding carboxylic acids is 2. The second kappa shape index (κ2) is 8.69. The molecule has 3 amide bonds. The van der Waals surface area contributed by atoms with Gasteiger partial charge in [0.25, 0.3) is 0 Å². The molecule has 1 aliphatic heterocycles. The summed E-state index contributed by atoms with van der Waals surface area (Å²) in [5.41, 5.74) is 0.0778. The standard InChI is InChI=1S/C18H26FN3O3/c1-4-6-7-16-17(23)21(3)10-11-22(16)18(24)20-15-9-8-13(25-5-2)12-14(15)19/h8-9,12,16H,4-7,10-11H2,1-3H3,(H,20,24)/t16-/m0/s1. The molecule has 25 heavy (non-hydrogen) atoms. The normalized spacial score (nSPS) is 17.6. The van der Waals surface area contributed by atoms with Gasteiger partial charge in [-0.3, -0.25) is 4.79 Å². The van der Waals surface area contributed by atoms with Crippen LogP contribution in [0.25, 0.3) is 0 Å². The number of hydrogen-bond acceptors (Lipinski definition) is 3. The largest absolute Gasteiger partial charge is 0.494 e. The molecule has 1 N–H and O–H groups in total. The average molecular weight is 351 g/mol. The molecule has 1 aromatic rings. The van der Waals surface area contributed by atoms with Crippen molar-refractivity contribution in [3.8, 4) is 5.75 Å². The van der Waals surface area contributed by atoms with Crippen LogP contribution in [0, 0.1) is 5.82 Å². The lowest BCUT2D eigenvalue weighted by atomic mass is 10.0. The van der Waals surface area contributed by atoms with Crippen molar-refractivity contribution in [1.82, 2.24) is 9.80 Å². The van der Waals surface area contributed by atoms with E-state index >= 15 is 0 Å². The second-order valence-corrected chi connectivity index (χ2v) is 6.12. The van der Waals surface area contributed by atoms with E-state index in [0.29, 0.717) is 31.9 Å². The molecule has 0 aromatic heterocycles. The van der Waals surface area contributed by atoms with Crippen LogP contribution in [0.4, 0.5) is 14.9 Å². The molecule has 0 bridgehead atoms. The molecular formula is C18H26FN3O3. The third-order valence-electron chi connectivity index (χ3n) is 4.30. The number of piperazine rings is 1. The maximum absolute atomic E-state index is 14.2. The number of benzene rings is 1. The first-order chi connectivity index (χ1) is 12.0. The van der Waals surface area contributed by atoms with Crippen molar-refractivity contribution >= 4 is 17.6 Å². The van der Waals surface area contributed by atoms with Gasteiger partial charge >= 0.3 is 6.03 Å². The van der Waals surface area contributed by atoms with Crippen LogP contribution in [0.2, 0.25) is 0 Å². The Kier molecular flexibility index (Phi) is 6.61. The molecular weight excluding hydrogens is 325 g/mol. The van der Waals surface area contributed by atoms with E-state index < -0.39 is 17.9 Å². The zero-order valence-corrected chi connectivity index (χ0v) is 15.0. The van der Waals surface area contributed by atoms with Gasteiger partial charge < -0.3 is 19.9 Å². The van der Waals surface area contributed by atoms with Gasteiger partial charge in [0.15, 0.2) is 0 Å². The minimum absolute atomic E-state index is 0.0676. The number of anilines is 1. The number of unbranched alkanes of at least 4 members (excludes halogenated alkanes) is 1. The molecule has 1 aliphatic rings. The van der Waals surface area contributed by atoms with Crippen LogP contribution in [0.1, 0.15) is 33.1 Å². The van der Waals surface area contributed by atoms with Gasteiger partial charge in [0.05, 0.1) is 12.3 Å². The van der Waals surface area contributed by atoms with Crippen molar-refractivity contribution in [2.24, 2.45) is 0 Å². The quantitative estimate of drug-likeness (QED) is 0.857. The fourth-order valence-corrected chi connectivity index (χ4v) is 2.87. The van der Waals surface area contributed by atoms with Gasteiger partial charge in [-0.05, 0) is 25.5 Å². The number of urea groups is 1. The van der Waals surface area contributed by atoms with E-state index in [4.69, 9.17) is 4.74 Å². The third kappa shape index (κ3) is 4.61. The summed E-state index contributed by atoms with van der Waals surface area (Å²) < 4.78 is 19.4. The highest BCUT2D eigenvalue weighted by atomic mass is 19.1. The molecule has 0 radical (unpaired) electrons. The van der Waals surface area contributed by atoms with Crippen molar-refractivity contribution in [2.45, 2.75) is 39.2 Å². The van der Waals surface area contributed by atoms with E-state index in [0.717, 1.165) is 12.8 Å². The molecule has 0 unspecified atom stereocenters. The van der Waals surface area contributed by atoms with Crippen molar-refractivity contribution in [3.63, 3.8) is 0 Å². The summed E-state index contributed by atoms with van der Waals surface area (Å²) in [6.45, 7) is 5.19. The fraction of sp³-hybridized carbons (Fsp3) is 0.556. The van der Waals surface area contributed by atoms with E-state index in [1.807, 2.05) is 13.8 Å². The predicted octanol–water partition coefficient (Wildman–Crippen LogP) is 3.09. The Hall–Kier alpha value is -2.31. The van der Waals surface area contributed by atoms with Gasteiger partial charge in [-0.1, -0.05) is 19.8 Å². The Labute approximate surface area is 147 Å². The molecule has 138 valence electrons. The molecule has 6 nitrogen and oxygen atoms in total. The smallest absolute Gasteiger partial charge is 0.322 e. The molecule has 0 aliphatic carbocycles. The van der Waals surface area contributed by atoms with Crippen LogP contribution in [0.3, 0.4) is 0 Å². The monoisotopic (exact) mass is 351 g/mol. The Balaban J connectivity index is 2.11. The first kappa shape index (κ1) is 19.0. The minimum atomic E-state index is -0.565. The topological polar surface area (TPSA) is 61.9 Å². The summed E-state index contributed by atoms with van der Waals surface area (Å²) in [6.07, 6.45) is 2.40. The van der Waals surface area contributed by atoms with Crippen molar-refractivity contribution in [1.29, 1.82) is 0 Å². The summed E-state index contributed by atoms with van der Waals surface area (Å²) in [4.78, 5) is 28.1. The molecule has 1 saturated heterocycles. The zero-order valence-electron chi connectivity index (χ0n) is 15.0. The molecule has 1 atom stereocenters. The number of amides is 3. The highest BCUT2D eigenvalue weighted by Gasteiger charge is 2.35. The van der Waals surface area contributed by atoms with E-state index in [1.54, 1.807) is 18.0 Å². The Morgan fingerprint density at radius 1 is 1.36 bits per heavy atom. The lowest BCUT2D eigenvalue weighted by Crippen LogP contribution is -2.58. The average Bonchev–Trinajstić information content (AvgIpc) is 2.58. The number of carbonyl (C=O) groups is 2. The fourth-order valence-electron chi connectivity index (χ4n) is 2.87. The SMILES string of the molecule is CCCC[C@H]1C(=O)N(C)CCN1C(=O)Nc1ccc(OCC)cc1F. The predicted molar refractivity (Wildman–Crippen MR) is 94.2 cm³/mol. The molecule has 1 aromatic carbocycles. The van der Waals surface area contributed by atoms with Gasteiger partial charge in [0, 0.05) is 26.2 Å². The van der Waals surface area contributed by atoms with Crippen LogP contribution in [0.5, 0.6) is 5.75 Å². The molecule has 0 saturated carbocycles. The number of rotatable bonds is 6. The molecule has 1 fully saturated rings. The van der Waals surface area contributed by atoms with Crippen LogP contribution < -0.4 is 10.1 Å². The lowest BCUT2D eigenvalue weighted by molar-refractivity contribution is -0.138. The van der Waals surface area contributed by atoms with Gasteiger partial charge in [-0.25, -0.2) is 9.18 Å². The van der Waals surface area contributed by atoms with Crippen LogP contribution >= 0.6 is 0 Å². The molecule has 1 heterocycles.